The fourth-order valence-electron chi connectivity index (χ4n) is 2.48. The molecule has 1 aromatic carbocycles. The lowest BCUT2D eigenvalue weighted by Gasteiger charge is -2.31. The fraction of sp³-hybridized carbons (Fsp3) is 0.562. The summed E-state index contributed by atoms with van der Waals surface area (Å²) in [6.07, 6.45) is 0.437. The van der Waals surface area contributed by atoms with Crippen molar-refractivity contribution in [2.24, 2.45) is 5.92 Å². The van der Waals surface area contributed by atoms with Gasteiger partial charge in [-0.25, -0.2) is 0 Å². The van der Waals surface area contributed by atoms with Gasteiger partial charge >= 0.3 is 0 Å². The first-order valence-electron chi connectivity index (χ1n) is 7.41. The molecule has 1 fully saturated rings. The molecular formula is C16H24Cl2N2O2. The van der Waals surface area contributed by atoms with Crippen LogP contribution >= 0.6 is 24.0 Å². The average molecular weight is 347 g/mol. The van der Waals surface area contributed by atoms with E-state index in [2.05, 4.69) is 17.6 Å². The Hall–Kier alpha value is -0.970. The maximum atomic E-state index is 12.2. The van der Waals surface area contributed by atoms with Gasteiger partial charge in [0, 0.05) is 11.1 Å². The van der Waals surface area contributed by atoms with Crippen LogP contribution < -0.4 is 15.4 Å². The fourth-order valence-corrected chi connectivity index (χ4v) is 2.59. The number of rotatable bonds is 4. The molecule has 0 aliphatic carbocycles. The second-order valence-electron chi connectivity index (χ2n) is 5.76. The van der Waals surface area contributed by atoms with E-state index < -0.39 is 6.10 Å². The Labute approximate surface area is 143 Å². The van der Waals surface area contributed by atoms with Crippen LogP contribution in [0.25, 0.3) is 0 Å². The van der Waals surface area contributed by atoms with Crippen molar-refractivity contribution >= 4 is 29.9 Å². The van der Waals surface area contributed by atoms with Crippen LogP contribution in [0.4, 0.5) is 0 Å². The standard InChI is InChI=1S/C16H23ClN2O2.ClH/c1-10-8-13(4-5-14(10)17)21-12(3)16(20)19-15-6-7-18-9-11(15)2;/h4-5,8,11-12,15,18H,6-7,9H2,1-3H3,(H,19,20);1H. The summed E-state index contributed by atoms with van der Waals surface area (Å²) in [7, 11) is 0. The van der Waals surface area contributed by atoms with Crippen LogP contribution in [0.15, 0.2) is 18.2 Å². The first-order chi connectivity index (χ1) is 9.97. The predicted octanol–water partition coefficient (Wildman–Crippen LogP) is 2.95. The average Bonchev–Trinajstić information content (AvgIpc) is 2.45. The van der Waals surface area contributed by atoms with Gasteiger partial charge in [-0.05, 0) is 63.0 Å². The van der Waals surface area contributed by atoms with Crippen molar-refractivity contribution < 1.29 is 9.53 Å². The minimum atomic E-state index is -0.521. The molecule has 1 amide bonds. The van der Waals surface area contributed by atoms with Crippen molar-refractivity contribution in [3.63, 3.8) is 0 Å². The van der Waals surface area contributed by atoms with Gasteiger partial charge in [0.2, 0.25) is 0 Å². The third-order valence-corrected chi connectivity index (χ3v) is 4.35. The Morgan fingerprint density at radius 3 is 2.86 bits per heavy atom. The number of amides is 1. The number of ether oxygens (including phenoxy) is 1. The van der Waals surface area contributed by atoms with Crippen molar-refractivity contribution in [3.8, 4) is 5.75 Å². The van der Waals surface area contributed by atoms with Gasteiger partial charge in [-0.1, -0.05) is 18.5 Å². The molecule has 4 nitrogen and oxygen atoms in total. The van der Waals surface area contributed by atoms with Crippen molar-refractivity contribution in [2.75, 3.05) is 13.1 Å². The van der Waals surface area contributed by atoms with Crippen LogP contribution in [0.3, 0.4) is 0 Å². The van der Waals surface area contributed by atoms with Gasteiger partial charge in [0.1, 0.15) is 5.75 Å². The molecule has 0 bridgehead atoms. The number of carbonyl (C=O) groups is 1. The van der Waals surface area contributed by atoms with Gasteiger partial charge in [-0.15, -0.1) is 12.4 Å². The highest BCUT2D eigenvalue weighted by atomic mass is 35.5. The zero-order valence-electron chi connectivity index (χ0n) is 13.2. The second-order valence-corrected chi connectivity index (χ2v) is 6.16. The van der Waals surface area contributed by atoms with Crippen LogP contribution in [-0.4, -0.2) is 31.1 Å². The molecule has 0 aromatic heterocycles. The van der Waals surface area contributed by atoms with E-state index in [-0.39, 0.29) is 24.4 Å². The van der Waals surface area contributed by atoms with Crippen molar-refractivity contribution in [2.45, 2.75) is 39.3 Å². The Kier molecular flexibility index (Phi) is 7.46. The van der Waals surface area contributed by atoms with Crippen LogP contribution in [0.5, 0.6) is 5.75 Å². The van der Waals surface area contributed by atoms with Gasteiger partial charge in [-0.3, -0.25) is 4.79 Å². The summed E-state index contributed by atoms with van der Waals surface area (Å²) in [6, 6.07) is 5.63. The number of nitrogens with one attached hydrogen (secondary N) is 2. The minimum Gasteiger partial charge on any atom is -0.481 e. The molecule has 1 saturated heterocycles. The minimum absolute atomic E-state index is 0. The first kappa shape index (κ1) is 19.1. The summed E-state index contributed by atoms with van der Waals surface area (Å²) in [6.45, 7) is 7.71. The van der Waals surface area contributed by atoms with Crippen LogP contribution in [0.1, 0.15) is 25.8 Å². The molecule has 0 saturated carbocycles. The SMILES string of the molecule is Cc1cc(OC(C)C(=O)NC2CCNCC2C)ccc1Cl.Cl. The molecular weight excluding hydrogens is 323 g/mol. The third kappa shape index (κ3) is 5.04. The van der Waals surface area contributed by atoms with Crippen LogP contribution in [-0.2, 0) is 4.79 Å². The summed E-state index contributed by atoms with van der Waals surface area (Å²) < 4.78 is 5.70. The maximum absolute atomic E-state index is 12.2. The summed E-state index contributed by atoms with van der Waals surface area (Å²) >= 11 is 5.98. The Balaban J connectivity index is 0.00000242. The highest BCUT2D eigenvalue weighted by molar-refractivity contribution is 6.31. The van der Waals surface area contributed by atoms with Gasteiger partial charge in [0.25, 0.3) is 5.91 Å². The van der Waals surface area contributed by atoms with Crippen LogP contribution in [0.2, 0.25) is 5.02 Å². The molecule has 0 spiro atoms. The molecule has 3 unspecified atom stereocenters. The lowest BCUT2D eigenvalue weighted by atomic mass is 9.95. The molecule has 6 heteroatoms. The normalized spacial score (nSPS) is 22.4. The number of hydrogen-bond donors (Lipinski definition) is 2. The zero-order chi connectivity index (χ0) is 15.4. The molecule has 0 radical (unpaired) electrons. The molecule has 2 N–H and O–H groups in total. The molecule has 2 rings (SSSR count). The van der Waals surface area contributed by atoms with E-state index in [0.717, 1.165) is 25.1 Å². The number of hydrogen-bond acceptors (Lipinski definition) is 3. The van der Waals surface area contributed by atoms with E-state index in [4.69, 9.17) is 16.3 Å². The molecule has 124 valence electrons. The molecule has 1 aromatic rings. The van der Waals surface area contributed by atoms with E-state index >= 15 is 0 Å². The number of carbonyl (C=O) groups excluding carboxylic acids is 1. The summed E-state index contributed by atoms with van der Waals surface area (Å²) in [5.74, 6) is 1.03. The second kappa shape index (κ2) is 8.61. The van der Waals surface area contributed by atoms with E-state index in [9.17, 15) is 4.79 Å². The van der Waals surface area contributed by atoms with Gasteiger partial charge in [0.05, 0.1) is 0 Å². The summed E-state index contributed by atoms with van der Waals surface area (Å²) in [4.78, 5) is 12.2. The molecule has 22 heavy (non-hydrogen) atoms. The number of piperidine rings is 1. The third-order valence-electron chi connectivity index (χ3n) is 3.92. The van der Waals surface area contributed by atoms with Crippen molar-refractivity contribution in [1.29, 1.82) is 0 Å². The molecule has 1 aliphatic heterocycles. The lowest BCUT2D eigenvalue weighted by Crippen LogP contribution is -2.51. The summed E-state index contributed by atoms with van der Waals surface area (Å²) in [5, 5.41) is 7.11. The van der Waals surface area contributed by atoms with Crippen molar-refractivity contribution in [3.05, 3.63) is 28.8 Å². The van der Waals surface area contributed by atoms with Gasteiger partial charge in [-0.2, -0.15) is 0 Å². The largest absolute Gasteiger partial charge is 0.481 e. The monoisotopic (exact) mass is 346 g/mol. The van der Waals surface area contributed by atoms with E-state index in [1.807, 2.05) is 13.0 Å². The number of halogens is 2. The lowest BCUT2D eigenvalue weighted by molar-refractivity contribution is -0.128. The maximum Gasteiger partial charge on any atom is 0.261 e. The highest BCUT2D eigenvalue weighted by Gasteiger charge is 2.25. The molecule has 3 atom stereocenters. The van der Waals surface area contributed by atoms with Gasteiger partial charge in [0.15, 0.2) is 6.10 Å². The Morgan fingerprint density at radius 1 is 1.50 bits per heavy atom. The molecule has 1 aliphatic rings. The van der Waals surface area contributed by atoms with E-state index in [1.165, 1.54) is 0 Å². The van der Waals surface area contributed by atoms with E-state index in [1.54, 1.807) is 19.1 Å². The molecule has 1 heterocycles. The Morgan fingerprint density at radius 2 is 2.23 bits per heavy atom. The first-order valence-corrected chi connectivity index (χ1v) is 7.79. The topological polar surface area (TPSA) is 50.4 Å². The van der Waals surface area contributed by atoms with Crippen LogP contribution in [0, 0.1) is 12.8 Å². The highest BCUT2D eigenvalue weighted by Crippen LogP contribution is 2.22. The van der Waals surface area contributed by atoms with E-state index in [0.29, 0.717) is 16.7 Å². The zero-order valence-corrected chi connectivity index (χ0v) is 14.8. The smallest absolute Gasteiger partial charge is 0.261 e. The Bertz CT molecular complexity index is 511. The number of aryl methyl sites for hydroxylation is 1. The predicted molar refractivity (Wildman–Crippen MR) is 92.1 cm³/mol. The van der Waals surface area contributed by atoms with Gasteiger partial charge < -0.3 is 15.4 Å². The number of benzene rings is 1. The quantitative estimate of drug-likeness (QED) is 0.881. The van der Waals surface area contributed by atoms with Crippen molar-refractivity contribution in [1.82, 2.24) is 10.6 Å². The summed E-state index contributed by atoms with van der Waals surface area (Å²) in [5.41, 5.74) is 0.939.